The average Bonchev–Trinajstić information content (AvgIpc) is 3.28. The maximum absolute atomic E-state index is 9.25. The maximum atomic E-state index is 9.25. The average molecular weight is 333 g/mol. The Balaban J connectivity index is 1.63. The van der Waals surface area contributed by atoms with Gasteiger partial charge in [0.2, 0.25) is 0 Å². The van der Waals surface area contributed by atoms with E-state index in [1.165, 1.54) is 23.2 Å². The molecule has 1 atom stereocenters. The fourth-order valence-electron chi connectivity index (χ4n) is 3.87. The molecule has 2 aromatic heterocycles. The second-order valence-corrected chi connectivity index (χ2v) is 7.08. The maximum Gasteiger partial charge on any atom is 0.124 e. The van der Waals surface area contributed by atoms with Crippen LogP contribution in [0.15, 0.2) is 24.3 Å². The zero-order valence-corrected chi connectivity index (χ0v) is 15.0. The standard InChI is InChI=1S/C20H23N5/c1-13-6-7-17-18(9-13)23-20(22-17)19-5-4-8-25(19)12-15-10-16(11-21)24(3)14(15)2/h6-7,9-10,19H,4-5,8,12H2,1-3H3,(H,22,23)/t19-/m1/s1. The van der Waals surface area contributed by atoms with Gasteiger partial charge in [0.05, 0.1) is 17.1 Å². The van der Waals surface area contributed by atoms with E-state index in [4.69, 9.17) is 4.98 Å². The number of rotatable bonds is 3. The predicted octanol–water partition coefficient (Wildman–Crippen LogP) is 3.73. The van der Waals surface area contributed by atoms with Crippen LogP contribution in [0, 0.1) is 25.2 Å². The Morgan fingerprint density at radius 1 is 1.32 bits per heavy atom. The third-order valence-electron chi connectivity index (χ3n) is 5.46. The number of likely N-dealkylation sites (tertiary alicyclic amines) is 1. The number of aromatic amines is 1. The molecule has 0 unspecified atom stereocenters. The van der Waals surface area contributed by atoms with Gasteiger partial charge in [-0.1, -0.05) is 6.07 Å². The predicted molar refractivity (Wildman–Crippen MR) is 98.1 cm³/mol. The molecule has 1 aromatic carbocycles. The highest BCUT2D eigenvalue weighted by molar-refractivity contribution is 5.75. The van der Waals surface area contributed by atoms with Crippen LogP contribution < -0.4 is 0 Å². The second-order valence-electron chi connectivity index (χ2n) is 7.08. The van der Waals surface area contributed by atoms with E-state index in [0.29, 0.717) is 6.04 Å². The summed E-state index contributed by atoms with van der Waals surface area (Å²) in [5, 5.41) is 9.25. The van der Waals surface area contributed by atoms with E-state index < -0.39 is 0 Å². The highest BCUT2D eigenvalue weighted by Gasteiger charge is 2.29. The Morgan fingerprint density at radius 2 is 2.16 bits per heavy atom. The number of nitrogens with one attached hydrogen (secondary N) is 1. The van der Waals surface area contributed by atoms with Crippen molar-refractivity contribution in [3.63, 3.8) is 0 Å². The van der Waals surface area contributed by atoms with Crippen molar-refractivity contribution in [2.24, 2.45) is 7.05 Å². The molecule has 0 amide bonds. The van der Waals surface area contributed by atoms with Crippen molar-refractivity contribution in [3.8, 4) is 6.07 Å². The third-order valence-corrected chi connectivity index (χ3v) is 5.46. The fraction of sp³-hybridized carbons (Fsp3) is 0.400. The molecule has 4 rings (SSSR count). The van der Waals surface area contributed by atoms with Gasteiger partial charge < -0.3 is 9.55 Å². The van der Waals surface area contributed by atoms with Crippen molar-refractivity contribution in [1.29, 1.82) is 5.26 Å². The molecule has 0 aliphatic carbocycles. The van der Waals surface area contributed by atoms with E-state index >= 15 is 0 Å². The lowest BCUT2D eigenvalue weighted by Gasteiger charge is -2.22. The molecule has 3 heterocycles. The van der Waals surface area contributed by atoms with E-state index in [0.717, 1.165) is 42.1 Å². The van der Waals surface area contributed by atoms with Gasteiger partial charge in [-0.2, -0.15) is 5.26 Å². The van der Waals surface area contributed by atoms with Gasteiger partial charge in [-0.3, -0.25) is 4.90 Å². The lowest BCUT2D eigenvalue weighted by Crippen LogP contribution is -2.23. The van der Waals surface area contributed by atoms with E-state index in [1.54, 1.807) is 0 Å². The number of aromatic nitrogens is 3. The second kappa shape index (κ2) is 6.05. The summed E-state index contributed by atoms with van der Waals surface area (Å²) in [6.45, 7) is 6.12. The molecule has 1 aliphatic rings. The molecular weight excluding hydrogens is 310 g/mol. The lowest BCUT2D eigenvalue weighted by atomic mass is 10.2. The monoisotopic (exact) mass is 333 g/mol. The van der Waals surface area contributed by atoms with E-state index in [1.807, 2.05) is 17.7 Å². The fourth-order valence-corrected chi connectivity index (χ4v) is 3.87. The van der Waals surface area contributed by atoms with Crippen molar-refractivity contribution in [2.45, 2.75) is 39.3 Å². The number of nitriles is 1. The van der Waals surface area contributed by atoms with Crippen molar-refractivity contribution < 1.29 is 0 Å². The molecule has 1 fully saturated rings. The van der Waals surface area contributed by atoms with Crippen LogP contribution in [0.3, 0.4) is 0 Å². The molecule has 5 nitrogen and oxygen atoms in total. The lowest BCUT2D eigenvalue weighted by molar-refractivity contribution is 0.240. The molecule has 0 bridgehead atoms. The number of fused-ring (bicyclic) bond motifs is 1. The number of nitrogens with zero attached hydrogens (tertiary/aromatic N) is 4. The quantitative estimate of drug-likeness (QED) is 0.794. The molecular formula is C20H23N5. The molecule has 5 heteroatoms. The van der Waals surface area contributed by atoms with Crippen LogP contribution in [0.2, 0.25) is 0 Å². The smallest absolute Gasteiger partial charge is 0.124 e. The molecule has 0 spiro atoms. The zero-order valence-electron chi connectivity index (χ0n) is 15.0. The first-order valence-corrected chi connectivity index (χ1v) is 8.82. The Kier molecular flexibility index (Phi) is 3.85. The zero-order chi connectivity index (χ0) is 17.6. The van der Waals surface area contributed by atoms with E-state index in [-0.39, 0.29) is 0 Å². The van der Waals surface area contributed by atoms with Gasteiger partial charge in [0, 0.05) is 19.3 Å². The van der Waals surface area contributed by atoms with Crippen molar-refractivity contribution in [2.75, 3.05) is 6.54 Å². The van der Waals surface area contributed by atoms with Crippen molar-refractivity contribution >= 4 is 11.0 Å². The first kappa shape index (κ1) is 15.9. The number of aryl methyl sites for hydroxylation is 1. The summed E-state index contributed by atoms with van der Waals surface area (Å²) >= 11 is 0. The Labute approximate surface area is 147 Å². The molecule has 0 radical (unpaired) electrons. The number of imidazole rings is 1. The van der Waals surface area contributed by atoms with Gasteiger partial charge in [0.1, 0.15) is 17.6 Å². The summed E-state index contributed by atoms with van der Waals surface area (Å²) < 4.78 is 1.98. The minimum absolute atomic E-state index is 0.317. The van der Waals surface area contributed by atoms with Crippen molar-refractivity contribution in [1.82, 2.24) is 19.4 Å². The van der Waals surface area contributed by atoms with Crippen molar-refractivity contribution in [3.05, 3.63) is 52.6 Å². The molecule has 1 aliphatic heterocycles. The van der Waals surface area contributed by atoms with E-state index in [9.17, 15) is 5.26 Å². The van der Waals surface area contributed by atoms with Crippen LogP contribution in [0.5, 0.6) is 0 Å². The van der Waals surface area contributed by atoms with Gasteiger partial charge in [-0.05, 0) is 62.6 Å². The topological polar surface area (TPSA) is 60.6 Å². The normalized spacial score (nSPS) is 18.1. The first-order valence-electron chi connectivity index (χ1n) is 8.82. The van der Waals surface area contributed by atoms with Crippen LogP contribution >= 0.6 is 0 Å². The molecule has 0 saturated carbocycles. The van der Waals surface area contributed by atoms with Crippen LogP contribution in [0.4, 0.5) is 0 Å². The van der Waals surface area contributed by atoms with Gasteiger partial charge >= 0.3 is 0 Å². The highest BCUT2D eigenvalue weighted by atomic mass is 15.2. The number of benzene rings is 1. The van der Waals surface area contributed by atoms with E-state index in [2.05, 4.69) is 48.0 Å². The summed E-state index contributed by atoms with van der Waals surface area (Å²) in [5.74, 6) is 1.06. The number of hydrogen-bond donors (Lipinski definition) is 1. The Hall–Kier alpha value is -2.58. The summed E-state index contributed by atoms with van der Waals surface area (Å²) in [6, 6.07) is 11.0. The minimum atomic E-state index is 0.317. The van der Waals surface area contributed by atoms with Gasteiger partial charge in [-0.15, -0.1) is 0 Å². The first-order chi connectivity index (χ1) is 12.1. The Morgan fingerprint density at radius 3 is 2.92 bits per heavy atom. The van der Waals surface area contributed by atoms with Gasteiger partial charge in [-0.25, -0.2) is 4.98 Å². The molecule has 128 valence electrons. The number of hydrogen-bond acceptors (Lipinski definition) is 3. The summed E-state index contributed by atoms with van der Waals surface area (Å²) in [7, 11) is 1.96. The largest absolute Gasteiger partial charge is 0.341 e. The molecule has 1 saturated heterocycles. The third kappa shape index (κ3) is 2.73. The Bertz CT molecular complexity index is 972. The van der Waals surface area contributed by atoms with Gasteiger partial charge in [0.15, 0.2) is 0 Å². The van der Waals surface area contributed by atoms with Crippen LogP contribution in [-0.4, -0.2) is 26.0 Å². The van der Waals surface area contributed by atoms with Crippen LogP contribution in [0.1, 0.15) is 47.2 Å². The van der Waals surface area contributed by atoms with Gasteiger partial charge in [0.25, 0.3) is 0 Å². The summed E-state index contributed by atoms with van der Waals surface area (Å²) in [4.78, 5) is 10.8. The van der Waals surface area contributed by atoms with Crippen LogP contribution in [0.25, 0.3) is 11.0 Å². The molecule has 25 heavy (non-hydrogen) atoms. The molecule has 1 N–H and O–H groups in total. The summed E-state index contributed by atoms with van der Waals surface area (Å²) in [6.07, 6.45) is 2.30. The van der Waals surface area contributed by atoms with Crippen LogP contribution in [-0.2, 0) is 13.6 Å². The SMILES string of the molecule is Cc1ccc2nc([C@H]3CCCN3Cc3cc(C#N)n(C)c3C)[nH]c2c1. The number of H-pyrrole nitrogens is 1. The molecule has 3 aromatic rings. The highest BCUT2D eigenvalue weighted by Crippen LogP contribution is 2.33. The summed E-state index contributed by atoms with van der Waals surface area (Å²) in [5.41, 5.74) is 6.53. The minimum Gasteiger partial charge on any atom is -0.341 e.